The highest BCUT2D eigenvalue weighted by Crippen LogP contribution is 2.30. The summed E-state index contributed by atoms with van der Waals surface area (Å²) in [5, 5.41) is 4.22. The normalized spacial score (nSPS) is 16.8. The van der Waals surface area contributed by atoms with E-state index in [0.29, 0.717) is 0 Å². The summed E-state index contributed by atoms with van der Waals surface area (Å²) < 4.78 is 5.50. The average molecular weight is 268 g/mol. The van der Waals surface area contributed by atoms with Gasteiger partial charge in [-0.3, -0.25) is 0 Å². The summed E-state index contributed by atoms with van der Waals surface area (Å²) in [7, 11) is 1.74. The van der Waals surface area contributed by atoms with Gasteiger partial charge in [0.25, 0.3) is 0 Å². The van der Waals surface area contributed by atoms with Crippen LogP contribution in [0.1, 0.15) is 30.4 Å². The van der Waals surface area contributed by atoms with Crippen molar-refractivity contribution < 1.29 is 4.74 Å². The van der Waals surface area contributed by atoms with E-state index in [1.165, 1.54) is 24.8 Å². The molecule has 0 saturated carbocycles. The van der Waals surface area contributed by atoms with Crippen molar-refractivity contribution in [2.45, 2.75) is 32.6 Å². The van der Waals surface area contributed by atoms with Gasteiger partial charge in [0.15, 0.2) is 0 Å². The number of aryl methyl sites for hydroxylation is 2. The van der Waals surface area contributed by atoms with Crippen LogP contribution in [0.3, 0.4) is 0 Å². The maximum absolute atomic E-state index is 6.14. The van der Waals surface area contributed by atoms with Crippen LogP contribution < -0.4 is 10.1 Å². The smallest absolute Gasteiger partial charge is 0.125 e. The molecule has 0 atom stereocenters. The SMILES string of the molecule is COc1c(C)cc(Cl)cc1CCC1CCNCC1. The molecule has 0 spiro atoms. The molecule has 1 aliphatic rings. The summed E-state index contributed by atoms with van der Waals surface area (Å²) in [5.74, 6) is 1.85. The first-order chi connectivity index (χ1) is 8.70. The second kappa shape index (κ2) is 6.44. The van der Waals surface area contributed by atoms with E-state index in [9.17, 15) is 0 Å². The van der Waals surface area contributed by atoms with Crippen molar-refractivity contribution in [3.63, 3.8) is 0 Å². The molecule has 2 rings (SSSR count). The first kappa shape index (κ1) is 13.7. The highest BCUT2D eigenvalue weighted by Gasteiger charge is 2.15. The highest BCUT2D eigenvalue weighted by molar-refractivity contribution is 6.30. The molecule has 3 heteroatoms. The van der Waals surface area contributed by atoms with Gasteiger partial charge in [-0.15, -0.1) is 0 Å². The number of methoxy groups -OCH3 is 1. The van der Waals surface area contributed by atoms with E-state index >= 15 is 0 Å². The number of ether oxygens (including phenoxy) is 1. The van der Waals surface area contributed by atoms with Crippen LogP contribution in [0.5, 0.6) is 5.75 Å². The van der Waals surface area contributed by atoms with Gasteiger partial charge in [0, 0.05) is 5.02 Å². The molecule has 0 radical (unpaired) electrons. The van der Waals surface area contributed by atoms with Gasteiger partial charge >= 0.3 is 0 Å². The van der Waals surface area contributed by atoms with Crippen molar-refractivity contribution in [1.82, 2.24) is 5.32 Å². The Morgan fingerprint density at radius 1 is 1.33 bits per heavy atom. The molecule has 100 valence electrons. The minimum absolute atomic E-state index is 0.814. The lowest BCUT2D eigenvalue weighted by Crippen LogP contribution is -2.27. The average Bonchev–Trinajstić information content (AvgIpc) is 2.37. The molecule has 1 saturated heterocycles. The molecule has 1 aliphatic heterocycles. The van der Waals surface area contributed by atoms with Crippen LogP contribution in [0.25, 0.3) is 0 Å². The quantitative estimate of drug-likeness (QED) is 0.900. The standard InChI is InChI=1S/C15H22ClNO/c1-11-9-14(16)10-13(15(11)18-2)4-3-12-5-7-17-8-6-12/h9-10,12,17H,3-8H2,1-2H3. The number of hydrogen-bond acceptors (Lipinski definition) is 2. The Morgan fingerprint density at radius 2 is 2.06 bits per heavy atom. The lowest BCUT2D eigenvalue weighted by atomic mass is 9.91. The van der Waals surface area contributed by atoms with Crippen LogP contribution in [-0.2, 0) is 6.42 Å². The van der Waals surface area contributed by atoms with E-state index in [2.05, 4.69) is 18.3 Å². The predicted molar refractivity (Wildman–Crippen MR) is 76.7 cm³/mol. The summed E-state index contributed by atoms with van der Waals surface area (Å²) in [6.45, 7) is 4.38. The first-order valence-electron chi connectivity index (χ1n) is 6.74. The number of nitrogens with one attached hydrogen (secondary N) is 1. The number of rotatable bonds is 4. The van der Waals surface area contributed by atoms with Gasteiger partial charge in [-0.25, -0.2) is 0 Å². The predicted octanol–water partition coefficient (Wildman–Crippen LogP) is 3.59. The fourth-order valence-electron chi connectivity index (χ4n) is 2.81. The second-order valence-electron chi connectivity index (χ2n) is 5.15. The van der Waals surface area contributed by atoms with Crippen molar-refractivity contribution in [3.05, 3.63) is 28.3 Å². The molecule has 0 unspecified atom stereocenters. The molecule has 0 aromatic heterocycles. The monoisotopic (exact) mass is 267 g/mol. The number of halogens is 1. The summed E-state index contributed by atoms with van der Waals surface area (Å²) in [4.78, 5) is 0. The zero-order chi connectivity index (χ0) is 13.0. The Morgan fingerprint density at radius 3 is 2.72 bits per heavy atom. The molecule has 0 aliphatic carbocycles. The van der Waals surface area contributed by atoms with Crippen molar-refractivity contribution in [3.8, 4) is 5.75 Å². The Balaban J connectivity index is 2.03. The second-order valence-corrected chi connectivity index (χ2v) is 5.58. The third-order valence-electron chi connectivity index (χ3n) is 3.80. The van der Waals surface area contributed by atoms with Crippen molar-refractivity contribution >= 4 is 11.6 Å². The van der Waals surface area contributed by atoms with E-state index in [4.69, 9.17) is 16.3 Å². The van der Waals surface area contributed by atoms with Crippen LogP contribution in [0.4, 0.5) is 0 Å². The number of hydrogen-bond donors (Lipinski definition) is 1. The molecular weight excluding hydrogens is 246 g/mol. The fourth-order valence-corrected chi connectivity index (χ4v) is 3.10. The lowest BCUT2D eigenvalue weighted by Gasteiger charge is -2.23. The van der Waals surface area contributed by atoms with Crippen LogP contribution >= 0.6 is 11.6 Å². The Kier molecular flexibility index (Phi) is 4.90. The van der Waals surface area contributed by atoms with Gasteiger partial charge in [0.1, 0.15) is 5.75 Å². The maximum atomic E-state index is 6.14. The van der Waals surface area contributed by atoms with E-state index in [1.807, 2.05) is 6.07 Å². The van der Waals surface area contributed by atoms with Gasteiger partial charge in [-0.2, -0.15) is 0 Å². The zero-order valence-electron chi connectivity index (χ0n) is 11.3. The molecular formula is C15H22ClNO. The molecule has 1 aromatic carbocycles. The molecule has 2 nitrogen and oxygen atoms in total. The summed E-state index contributed by atoms with van der Waals surface area (Å²) >= 11 is 6.14. The van der Waals surface area contributed by atoms with E-state index < -0.39 is 0 Å². The van der Waals surface area contributed by atoms with Crippen molar-refractivity contribution in [2.75, 3.05) is 20.2 Å². The molecule has 1 fully saturated rings. The molecule has 0 bridgehead atoms. The topological polar surface area (TPSA) is 21.3 Å². The number of benzene rings is 1. The van der Waals surface area contributed by atoms with Crippen molar-refractivity contribution in [2.24, 2.45) is 5.92 Å². The van der Waals surface area contributed by atoms with Crippen LogP contribution in [0.2, 0.25) is 5.02 Å². The summed E-state index contributed by atoms with van der Waals surface area (Å²) in [6.07, 6.45) is 4.89. The summed E-state index contributed by atoms with van der Waals surface area (Å²) in [5.41, 5.74) is 2.38. The minimum atomic E-state index is 0.814. The van der Waals surface area contributed by atoms with Crippen LogP contribution in [-0.4, -0.2) is 20.2 Å². The Labute approximate surface area is 115 Å². The lowest BCUT2D eigenvalue weighted by molar-refractivity contribution is 0.350. The maximum Gasteiger partial charge on any atom is 0.125 e. The number of piperidine rings is 1. The van der Waals surface area contributed by atoms with Gasteiger partial charge in [-0.05, 0) is 74.9 Å². The largest absolute Gasteiger partial charge is 0.496 e. The first-order valence-corrected chi connectivity index (χ1v) is 7.12. The van der Waals surface area contributed by atoms with Gasteiger partial charge in [-0.1, -0.05) is 11.6 Å². The molecule has 1 heterocycles. The molecule has 1 aromatic rings. The highest BCUT2D eigenvalue weighted by atomic mass is 35.5. The summed E-state index contributed by atoms with van der Waals surface area (Å²) in [6, 6.07) is 4.02. The minimum Gasteiger partial charge on any atom is -0.496 e. The van der Waals surface area contributed by atoms with Gasteiger partial charge < -0.3 is 10.1 Å². The molecule has 1 N–H and O–H groups in total. The van der Waals surface area contributed by atoms with Crippen LogP contribution in [0.15, 0.2) is 12.1 Å². The molecule has 0 amide bonds. The van der Waals surface area contributed by atoms with Crippen molar-refractivity contribution in [1.29, 1.82) is 0 Å². The van der Waals surface area contributed by atoms with E-state index in [0.717, 1.165) is 41.8 Å². The van der Waals surface area contributed by atoms with Gasteiger partial charge in [0.2, 0.25) is 0 Å². The fraction of sp³-hybridized carbons (Fsp3) is 0.600. The zero-order valence-corrected chi connectivity index (χ0v) is 12.0. The van der Waals surface area contributed by atoms with E-state index in [-0.39, 0.29) is 0 Å². The van der Waals surface area contributed by atoms with Gasteiger partial charge in [0.05, 0.1) is 7.11 Å². The van der Waals surface area contributed by atoms with Crippen LogP contribution in [0, 0.1) is 12.8 Å². The third kappa shape index (κ3) is 3.39. The third-order valence-corrected chi connectivity index (χ3v) is 4.02. The molecule has 18 heavy (non-hydrogen) atoms. The van der Waals surface area contributed by atoms with E-state index in [1.54, 1.807) is 7.11 Å². The Bertz CT molecular complexity index is 400. The Hall–Kier alpha value is -0.730.